The Labute approximate surface area is 210 Å². The van der Waals surface area contributed by atoms with Crippen molar-refractivity contribution in [2.45, 2.75) is 30.9 Å². The number of aryl methyl sites for hydroxylation is 1. The van der Waals surface area contributed by atoms with Crippen LogP contribution in [0.2, 0.25) is 0 Å². The summed E-state index contributed by atoms with van der Waals surface area (Å²) in [7, 11) is -0.640. The lowest BCUT2D eigenvalue weighted by molar-refractivity contribution is 0.0732. The molecule has 10 heteroatoms. The van der Waals surface area contributed by atoms with Gasteiger partial charge in [-0.25, -0.2) is 13.8 Å². The summed E-state index contributed by atoms with van der Waals surface area (Å²) < 4.78 is 54.6. The number of fused-ring (bicyclic) bond motifs is 2. The van der Waals surface area contributed by atoms with E-state index in [-0.39, 0.29) is 23.5 Å². The average Bonchev–Trinajstić information content (AvgIpc) is 3.33. The monoisotopic (exact) mass is 512 g/mol. The van der Waals surface area contributed by atoms with Crippen LogP contribution in [0.5, 0.6) is 28.7 Å². The number of benzene rings is 3. The molecule has 0 amide bonds. The molecule has 36 heavy (non-hydrogen) atoms. The third-order valence-corrected chi connectivity index (χ3v) is 7.81. The van der Waals surface area contributed by atoms with Gasteiger partial charge in [-0.3, -0.25) is 0 Å². The van der Waals surface area contributed by atoms with E-state index in [1.54, 1.807) is 44.6 Å². The number of methoxy groups -OCH3 is 2. The molecule has 0 aromatic heterocycles. The highest BCUT2D eigenvalue weighted by molar-refractivity contribution is 7.89. The Balaban J connectivity index is 1.52. The van der Waals surface area contributed by atoms with E-state index in [1.165, 1.54) is 0 Å². The Morgan fingerprint density at radius 3 is 2.33 bits per heavy atom. The van der Waals surface area contributed by atoms with Gasteiger partial charge in [-0.1, -0.05) is 36.8 Å². The standard InChI is InChI=1S/C26H28N2O7S/c1-15-8-10-17(11-9-15)36(29,30)28-27-26-16(2)24(18-6-5-7-20(31-3)25(18)32-4)19-12-22-23(34-14-33-22)13-21(19)35-26/h5-13,16,24,26-28H,14H2,1-4H3/t16-,24+,26+/m0/s1. The number of para-hydroxylation sites is 1. The fraction of sp³-hybridized carbons (Fsp3) is 0.308. The van der Waals surface area contributed by atoms with Gasteiger partial charge >= 0.3 is 0 Å². The fourth-order valence-corrected chi connectivity index (χ4v) is 5.55. The Morgan fingerprint density at radius 1 is 0.917 bits per heavy atom. The zero-order valence-electron chi connectivity index (χ0n) is 20.4. The van der Waals surface area contributed by atoms with Gasteiger partial charge in [0.1, 0.15) is 5.75 Å². The van der Waals surface area contributed by atoms with Crippen LogP contribution in [0, 0.1) is 12.8 Å². The van der Waals surface area contributed by atoms with E-state index >= 15 is 0 Å². The van der Waals surface area contributed by atoms with E-state index in [0.29, 0.717) is 28.7 Å². The molecule has 0 bridgehead atoms. The summed E-state index contributed by atoms with van der Waals surface area (Å²) in [4.78, 5) is 2.64. The minimum Gasteiger partial charge on any atom is -0.493 e. The highest BCUT2D eigenvalue weighted by atomic mass is 32.2. The molecule has 2 heterocycles. The molecule has 5 rings (SSSR count). The number of hydrogen-bond acceptors (Lipinski definition) is 8. The second-order valence-electron chi connectivity index (χ2n) is 8.76. The van der Waals surface area contributed by atoms with Crippen molar-refractivity contribution in [3.8, 4) is 28.7 Å². The number of hydrogen-bond donors (Lipinski definition) is 2. The van der Waals surface area contributed by atoms with Gasteiger partial charge in [-0.2, -0.15) is 0 Å². The average molecular weight is 513 g/mol. The number of nitrogens with one attached hydrogen (secondary N) is 2. The molecular formula is C26H28N2O7S. The van der Waals surface area contributed by atoms with Gasteiger partial charge in [-0.05, 0) is 31.2 Å². The van der Waals surface area contributed by atoms with Crippen LogP contribution in [-0.4, -0.2) is 35.7 Å². The Kier molecular flexibility index (Phi) is 6.42. The first-order valence-electron chi connectivity index (χ1n) is 11.5. The predicted molar refractivity (Wildman–Crippen MR) is 132 cm³/mol. The molecular weight excluding hydrogens is 484 g/mol. The van der Waals surface area contributed by atoms with Crippen molar-refractivity contribution >= 4 is 10.0 Å². The second-order valence-corrected chi connectivity index (χ2v) is 10.4. The highest BCUT2D eigenvalue weighted by Crippen LogP contribution is 2.51. The van der Waals surface area contributed by atoms with Crippen molar-refractivity contribution in [1.29, 1.82) is 0 Å². The molecule has 9 nitrogen and oxygen atoms in total. The molecule has 2 N–H and O–H groups in total. The van der Waals surface area contributed by atoms with Crippen molar-refractivity contribution in [3.05, 3.63) is 71.3 Å². The first-order valence-corrected chi connectivity index (χ1v) is 13.0. The summed E-state index contributed by atoms with van der Waals surface area (Å²) in [5.74, 6) is 2.47. The van der Waals surface area contributed by atoms with Crippen molar-refractivity contribution in [1.82, 2.24) is 10.3 Å². The molecule has 0 aliphatic carbocycles. The Morgan fingerprint density at radius 2 is 1.64 bits per heavy atom. The lowest BCUT2D eigenvalue weighted by Crippen LogP contribution is -2.52. The topological polar surface area (TPSA) is 104 Å². The number of sulfonamides is 1. The minimum absolute atomic E-state index is 0.124. The summed E-state index contributed by atoms with van der Waals surface area (Å²) in [5, 5.41) is 0. The largest absolute Gasteiger partial charge is 0.493 e. The Hall–Kier alpha value is -3.47. The van der Waals surface area contributed by atoms with E-state index in [9.17, 15) is 8.42 Å². The summed E-state index contributed by atoms with van der Waals surface area (Å²) in [6.07, 6.45) is -0.709. The number of hydrazine groups is 1. The molecule has 0 spiro atoms. The fourth-order valence-electron chi connectivity index (χ4n) is 4.67. The molecule has 0 unspecified atom stereocenters. The van der Waals surface area contributed by atoms with E-state index in [1.807, 2.05) is 38.1 Å². The zero-order valence-corrected chi connectivity index (χ0v) is 21.2. The van der Waals surface area contributed by atoms with Gasteiger partial charge in [0.05, 0.1) is 19.1 Å². The maximum atomic E-state index is 12.9. The molecule has 3 aromatic carbocycles. The first-order chi connectivity index (χ1) is 17.3. The van der Waals surface area contributed by atoms with Crippen molar-refractivity contribution in [2.75, 3.05) is 21.0 Å². The van der Waals surface area contributed by atoms with E-state index < -0.39 is 16.3 Å². The number of ether oxygens (including phenoxy) is 5. The van der Waals surface area contributed by atoms with E-state index in [4.69, 9.17) is 23.7 Å². The zero-order chi connectivity index (χ0) is 25.4. The van der Waals surface area contributed by atoms with Gasteiger partial charge in [0.15, 0.2) is 29.2 Å². The molecule has 0 saturated heterocycles. The molecule has 3 atom stereocenters. The van der Waals surface area contributed by atoms with Gasteiger partial charge < -0.3 is 23.7 Å². The highest BCUT2D eigenvalue weighted by Gasteiger charge is 2.40. The lowest BCUT2D eigenvalue weighted by atomic mass is 9.78. The molecule has 0 fully saturated rings. The second kappa shape index (κ2) is 9.53. The van der Waals surface area contributed by atoms with Crippen LogP contribution < -0.4 is 33.9 Å². The molecule has 2 aliphatic rings. The summed E-state index contributed by atoms with van der Waals surface area (Å²) in [6, 6.07) is 16.0. The van der Waals surface area contributed by atoms with Crippen LogP contribution in [0.15, 0.2) is 59.5 Å². The summed E-state index contributed by atoms with van der Waals surface area (Å²) in [5.41, 5.74) is 5.61. The van der Waals surface area contributed by atoms with Crippen LogP contribution in [0.4, 0.5) is 0 Å². The van der Waals surface area contributed by atoms with E-state index in [2.05, 4.69) is 10.3 Å². The SMILES string of the molecule is COc1cccc([C@@H]2c3cc4c(cc3O[C@@H](NNS(=O)(=O)c3ccc(C)cc3)[C@H]2C)OCO4)c1OC. The lowest BCUT2D eigenvalue weighted by Gasteiger charge is -2.39. The molecule has 3 aromatic rings. The molecule has 0 radical (unpaired) electrons. The number of rotatable bonds is 7. The van der Waals surface area contributed by atoms with Crippen molar-refractivity contribution in [3.63, 3.8) is 0 Å². The third-order valence-electron chi connectivity index (χ3n) is 6.53. The maximum Gasteiger partial charge on any atom is 0.253 e. The first kappa shape index (κ1) is 24.2. The van der Waals surface area contributed by atoms with Gasteiger partial charge in [0.25, 0.3) is 10.0 Å². The van der Waals surface area contributed by atoms with E-state index in [0.717, 1.165) is 16.7 Å². The van der Waals surface area contributed by atoms with Crippen LogP contribution in [0.1, 0.15) is 29.5 Å². The quantitative estimate of drug-likeness (QED) is 0.462. The third kappa shape index (κ3) is 4.32. The minimum atomic E-state index is -3.82. The molecule has 2 aliphatic heterocycles. The van der Waals surface area contributed by atoms with Crippen LogP contribution in [0.25, 0.3) is 0 Å². The smallest absolute Gasteiger partial charge is 0.253 e. The molecule has 0 saturated carbocycles. The summed E-state index contributed by atoms with van der Waals surface area (Å²) >= 11 is 0. The van der Waals surface area contributed by atoms with Crippen molar-refractivity contribution in [2.24, 2.45) is 5.92 Å². The van der Waals surface area contributed by atoms with Gasteiger partial charge in [-0.15, -0.1) is 4.83 Å². The predicted octanol–water partition coefficient (Wildman–Crippen LogP) is 3.71. The Bertz CT molecular complexity index is 1380. The van der Waals surface area contributed by atoms with Gasteiger partial charge in [0.2, 0.25) is 6.79 Å². The van der Waals surface area contributed by atoms with Crippen molar-refractivity contribution < 1.29 is 32.1 Å². The molecule has 190 valence electrons. The van der Waals surface area contributed by atoms with Crippen LogP contribution >= 0.6 is 0 Å². The van der Waals surface area contributed by atoms with Crippen LogP contribution in [0.3, 0.4) is 0 Å². The summed E-state index contributed by atoms with van der Waals surface area (Å²) in [6.45, 7) is 4.00. The van der Waals surface area contributed by atoms with Gasteiger partial charge in [0, 0.05) is 29.0 Å². The van der Waals surface area contributed by atoms with Crippen LogP contribution in [-0.2, 0) is 10.0 Å². The normalized spacial score (nSPS) is 20.4. The maximum absolute atomic E-state index is 12.9.